The molecule has 1 saturated heterocycles. The first kappa shape index (κ1) is 14.3. The third kappa shape index (κ3) is 4.49. The quantitative estimate of drug-likeness (QED) is 0.739. The average Bonchev–Trinajstić information content (AvgIpc) is 2.91. The minimum Gasteiger partial charge on any atom is -0.382 e. The Labute approximate surface area is 116 Å². The lowest BCUT2D eigenvalue weighted by atomic mass is 10.1. The van der Waals surface area contributed by atoms with Crippen molar-refractivity contribution in [2.75, 3.05) is 38.3 Å². The van der Waals surface area contributed by atoms with Gasteiger partial charge in [0.25, 0.3) is 5.56 Å². The van der Waals surface area contributed by atoms with E-state index in [0.29, 0.717) is 24.8 Å². The molecule has 0 spiro atoms. The van der Waals surface area contributed by atoms with Gasteiger partial charge < -0.3 is 14.8 Å². The number of anilines is 1. The van der Waals surface area contributed by atoms with Gasteiger partial charge in [-0.25, -0.2) is 5.10 Å². The highest BCUT2D eigenvalue weighted by atomic mass is 35.5. The number of H-pyrrole nitrogens is 1. The molecule has 1 unspecified atom stereocenters. The van der Waals surface area contributed by atoms with E-state index < -0.39 is 0 Å². The number of nitrogens with zero attached hydrogens (tertiary/aromatic N) is 1. The maximum Gasteiger partial charge on any atom is 0.285 e. The molecular weight excluding hydrogens is 270 g/mol. The van der Waals surface area contributed by atoms with E-state index in [4.69, 9.17) is 21.1 Å². The van der Waals surface area contributed by atoms with Gasteiger partial charge in [0.05, 0.1) is 25.1 Å². The molecule has 0 amide bonds. The summed E-state index contributed by atoms with van der Waals surface area (Å²) in [7, 11) is 0. The van der Waals surface area contributed by atoms with E-state index in [2.05, 4.69) is 15.5 Å². The van der Waals surface area contributed by atoms with Crippen molar-refractivity contribution in [3.8, 4) is 0 Å². The maximum absolute atomic E-state index is 11.2. The summed E-state index contributed by atoms with van der Waals surface area (Å²) >= 11 is 5.83. The molecule has 1 aromatic rings. The molecule has 106 valence electrons. The Balaban J connectivity index is 1.58. The van der Waals surface area contributed by atoms with Crippen LogP contribution in [0.25, 0.3) is 0 Å². The number of halogens is 1. The topological polar surface area (TPSA) is 76.2 Å². The van der Waals surface area contributed by atoms with E-state index in [0.717, 1.165) is 32.7 Å². The number of ether oxygens (including phenoxy) is 2. The van der Waals surface area contributed by atoms with Crippen LogP contribution in [0.1, 0.15) is 12.8 Å². The molecule has 0 aromatic carbocycles. The Kier molecular flexibility index (Phi) is 5.62. The SMILES string of the molecule is O=c1[nH]ncc(NCCCOCC2CCOC2)c1Cl. The van der Waals surface area contributed by atoms with E-state index in [1.54, 1.807) is 0 Å². The smallest absolute Gasteiger partial charge is 0.285 e. The summed E-state index contributed by atoms with van der Waals surface area (Å²) in [5.74, 6) is 0.541. The average molecular weight is 288 g/mol. The zero-order valence-electron chi connectivity index (χ0n) is 10.7. The van der Waals surface area contributed by atoms with Gasteiger partial charge in [-0.15, -0.1) is 0 Å². The molecule has 7 heteroatoms. The van der Waals surface area contributed by atoms with Crippen LogP contribution >= 0.6 is 11.6 Å². The van der Waals surface area contributed by atoms with Gasteiger partial charge in [-0.1, -0.05) is 11.6 Å². The third-order valence-electron chi connectivity index (χ3n) is 2.95. The Bertz CT molecular complexity index is 446. The molecule has 2 rings (SSSR count). The minimum atomic E-state index is -0.385. The highest BCUT2D eigenvalue weighted by molar-refractivity contribution is 6.32. The molecule has 19 heavy (non-hydrogen) atoms. The second-order valence-electron chi connectivity index (χ2n) is 4.51. The van der Waals surface area contributed by atoms with Gasteiger partial charge in [0.15, 0.2) is 0 Å². The zero-order chi connectivity index (χ0) is 13.5. The monoisotopic (exact) mass is 287 g/mol. The lowest BCUT2D eigenvalue weighted by molar-refractivity contribution is 0.0897. The van der Waals surface area contributed by atoms with Crippen molar-refractivity contribution < 1.29 is 9.47 Å². The van der Waals surface area contributed by atoms with Crippen molar-refractivity contribution in [2.24, 2.45) is 5.92 Å². The van der Waals surface area contributed by atoms with Crippen molar-refractivity contribution in [3.05, 3.63) is 21.6 Å². The summed E-state index contributed by atoms with van der Waals surface area (Å²) in [6.07, 6.45) is 3.43. The van der Waals surface area contributed by atoms with Crippen LogP contribution in [0.2, 0.25) is 5.02 Å². The molecule has 2 heterocycles. The summed E-state index contributed by atoms with van der Waals surface area (Å²) in [5, 5.41) is 9.15. The van der Waals surface area contributed by atoms with Gasteiger partial charge in [-0.2, -0.15) is 5.10 Å². The lowest BCUT2D eigenvalue weighted by Gasteiger charge is -2.09. The first-order valence-electron chi connectivity index (χ1n) is 6.40. The lowest BCUT2D eigenvalue weighted by Crippen LogP contribution is -2.14. The van der Waals surface area contributed by atoms with Crippen LogP contribution < -0.4 is 10.9 Å². The van der Waals surface area contributed by atoms with Gasteiger partial charge in [0, 0.05) is 25.7 Å². The number of nitrogens with one attached hydrogen (secondary N) is 2. The summed E-state index contributed by atoms with van der Waals surface area (Å²) < 4.78 is 10.8. The van der Waals surface area contributed by atoms with Gasteiger partial charge in [0.1, 0.15) is 5.02 Å². The van der Waals surface area contributed by atoms with Crippen molar-refractivity contribution in [2.45, 2.75) is 12.8 Å². The van der Waals surface area contributed by atoms with Crippen molar-refractivity contribution in [1.82, 2.24) is 10.2 Å². The molecule has 1 fully saturated rings. The van der Waals surface area contributed by atoms with Gasteiger partial charge in [0.2, 0.25) is 0 Å². The Morgan fingerprint density at radius 3 is 3.32 bits per heavy atom. The summed E-state index contributed by atoms with van der Waals surface area (Å²) in [6.45, 7) is 3.78. The number of hydrogen-bond donors (Lipinski definition) is 2. The Morgan fingerprint density at radius 2 is 2.53 bits per heavy atom. The standard InChI is InChI=1S/C12H18ClN3O3/c13-11-10(6-15-16-12(11)17)14-3-1-4-18-7-9-2-5-19-8-9/h6,9H,1-5,7-8H2,(H2,14,16,17). The summed E-state index contributed by atoms with van der Waals surface area (Å²) in [5.41, 5.74) is 0.166. The first-order valence-corrected chi connectivity index (χ1v) is 6.77. The van der Waals surface area contributed by atoms with Crippen molar-refractivity contribution >= 4 is 17.3 Å². The zero-order valence-corrected chi connectivity index (χ0v) is 11.4. The number of aromatic nitrogens is 2. The highest BCUT2D eigenvalue weighted by Crippen LogP contribution is 2.14. The largest absolute Gasteiger partial charge is 0.382 e. The van der Waals surface area contributed by atoms with Crippen LogP contribution in [-0.2, 0) is 9.47 Å². The highest BCUT2D eigenvalue weighted by Gasteiger charge is 2.15. The molecule has 6 nitrogen and oxygen atoms in total. The van der Waals surface area contributed by atoms with Crippen molar-refractivity contribution in [1.29, 1.82) is 0 Å². The van der Waals surface area contributed by atoms with E-state index in [9.17, 15) is 4.79 Å². The predicted octanol–water partition coefficient (Wildman–Crippen LogP) is 1.28. The number of hydrogen-bond acceptors (Lipinski definition) is 5. The Hall–Kier alpha value is -1.11. The summed E-state index contributed by atoms with van der Waals surface area (Å²) in [6, 6.07) is 0. The second-order valence-corrected chi connectivity index (χ2v) is 4.89. The van der Waals surface area contributed by atoms with Crippen LogP contribution in [0.15, 0.2) is 11.0 Å². The molecule has 0 saturated carbocycles. The Morgan fingerprint density at radius 1 is 1.63 bits per heavy atom. The fourth-order valence-electron chi connectivity index (χ4n) is 1.87. The van der Waals surface area contributed by atoms with E-state index >= 15 is 0 Å². The molecule has 2 N–H and O–H groups in total. The van der Waals surface area contributed by atoms with Crippen LogP contribution in [0.5, 0.6) is 0 Å². The molecule has 0 radical (unpaired) electrons. The molecule has 1 aromatic heterocycles. The molecule has 1 aliphatic rings. The fraction of sp³-hybridized carbons (Fsp3) is 0.667. The van der Waals surface area contributed by atoms with Gasteiger partial charge in [-0.05, 0) is 12.8 Å². The molecule has 0 aliphatic carbocycles. The van der Waals surface area contributed by atoms with Crippen molar-refractivity contribution in [3.63, 3.8) is 0 Å². The van der Waals surface area contributed by atoms with E-state index in [-0.39, 0.29) is 10.6 Å². The van der Waals surface area contributed by atoms with Gasteiger partial charge >= 0.3 is 0 Å². The molecule has 0 bridgehead atoms. The fourth-order valence-corrected chi connectivity index (χ4v) is 2.03. The second kappa shape index (κ2) is 7.47. The molecule has 1 aliphatic heterocycles. The first-order chi connectivity index (χ1) is 9.27. The van der Waals surface area contributed by atoms with E-state index in [1.165, 1.54) is 6.20 Å². The minimum absolute atomic E-state index is 0.138. The summed E-state index contributed by atoms with van der Waals surface area (Å²) in [4.78, 5) is 11.2. The third-order valence-corrected chi connectivity index (χ3v) is 3.33. The predicted molar refractivity (Wildman–Crippen MR) is 72.7 cm³/mol. The van der Waals surface area contributed by atoms with Crippen LogP contribution in [-0.4, -0.2) is 43.2 Å². The number of rotatable bonds is 7. The molecular formula is C12H18ClN3O3. The van der Waals surface area contributed by atoms with E-state index in [1.807, 2.05) is 0 Å². The number of aromatic amines is 1. The maximum atomic E-state index is 11.2. The normalized spacial score (nSPS) is 18.7. The van der Waals surface area contributed by atoms with Gasteiger partial charge in [-0.3, -0.25) is 4.79 Å². The van der Waals surface area contributed by atoms with Crippen LogP contribution in [0.3, 0.4) is 0 Å². The van der Waals surface area contributed by atoms with Crippen LogP contribution in [0.4, 0.5) is 5.69 Å². The van der Waals surface area contributed by atoms with Crippen LogP contribution in [0, 0.1) is 5.92 Å². The molecule has 1 atom stereocenters.